The van der Waals surface area contributed by atoms with E-state index in [2.05, 4.69) is 32.6 Å². The lowest BCUT2D eigenvalue weighted by Gasteiger charge is -2.25. The molecule has 0 aromatic rings. The third kappa shape index (κ3) is 3.54. The molecule has 0 bridgehead atoms. The van der Waals surface area contributed by atoms with Gasteiger partial charge in [-0.05, 0) is 12.8 Å². The van der Waals surface area contributed by atoms with E-state index < -0.39 is 8.07 Å². The van der Waals surface area contributed by atoms with Gasteiger partial charge in [0.15, 0.2) is 0 Å². The molecule has 72 valence electrons. The van der Waals surface area contributed by atoms with Crippen LogP contribution in [0.3, 0.4) is 0 Å². The second-order valence-corrected chi connectivity index (χ2v) is 9.32. The van der Waals surface area contributed by atoms with Gasteiger partial charge in [0, 0.05) is 0 Å². The Bertz CT molecular complexity index is 156. The molecule has 1 N–H and O–H groups in total. The summed E-state index contributed by atoms with van der Waals surface area (Å²) in [5.41, 5.74) is 0. The first-order valence-electron chi connectivity index (χ1n) is 4.82. The molecule has 0 aromatic heterocycles. The van der Waals surface area contributed by atoms with Crippen LogP contribution in [0, 0.1) is 0 Å². The minimum absolute atomic E-state index is 0.198. The van der Waals surface area contributed by atoms with Crippen LogP contribution in [-0.2, 0) is 0 Å². The van der Waals surface area contributed by atoms with Gasteiger partial charge in [-0.25, -0.2) is 0 Å². The smallest absolute Gasteiger partial charge is 0.0753 e. The second-order valence-electron chi connectivity index (χ2n) is 4.24. The molecule has 0 spiro atoms. The topological polar surface area (TPSA) is 20.2 Å². The lowest BCUT2D eigenvalue weighted by Crippen LogP contribution is -2.31. The van der Waals surface area contributed by atoms with Crippen LogP contribution in [0.25, 0.3) is 0 Å². The Hall–Kier alpha value is -0.0831. The summed E-state index contributed by atoms with van der Waals surface area (Å²) in [6.45, 7) is 11.0. The van der Waals surface area contributed by atoms with Crippen molar-refractivity contribution in [2.24, 2.45) is 0 Å². The zero-order chi connectivity index (χ0) is 9.78. The van der Waals surface area contributed by atoms with Gasteiger partial charge >= 0.3 is 0 Å². The van der Waals surface area contributed by atoms with Gasteiger partial charge in [0.25, 0.3) is 0 Å². The van der Waals surface area contributed by atoms with Crippen molar-refractivity contribution in [3.63, 3.8) is 0 Å². The van der Waals surface area contributed by atoms with E-state index in [0.29, 0.717) is 0 Å². The zero-order valence-electron chi connectivity index (χ0n) is 9.02. The average molecular weight is 186 g/mol. The quantitative estimate of drug-likeness (QED) is 0.669. The summed E-state index contributed by atoms with van der Waals surface area (Å²) < 4.78 is 0. The Kier molecular flexibility index (Phi) is 4.79. The molecule has 0 aliphatic carbocycles. The van der Waals surface area contributed by atoms with Crippen molar-refractivity contribution in [1.82, 2.24) is 0 Å². The number of hydrogen-bond acceptors (Lipinski definition) is 1. The molecule has 0 saturated heterocycles. The summed E-state index contributed by atoms with van der Waals surface area (Å²) >= 11 is 0. The normalized spacial score (nSPS) is 16.3. The molecule has 1 atom stereocenters. The SMILES string of the molecule is CC/C=C(/[C@@H](O)CC)[Si](C)(C)C. The van der Waals surface area contributed by atoms with Crippen molar-refractivity contribution >= 4 is 8.07 Å². The summed E-state index contributed by atoms with van der Waals surface area (Å²) in [5, 5.41) is 11.1. The second kappa shape index (κ2) is 4.82. The predicted octanol–water partition coefficient (Wildman–Crippen LogP) is 2.97. The standard InChI is InChI=1S/C10H22OSi/c1-6-8-10(9(11)7-2)12(3,4)5/h8-9,11H,6-7H2,1-5H3/b10-8-/t9-/m0/s1. The maximum atomic E-state index is 9.75. The summed E-state index contributed by atoms with van der Waals surface area (Å²) in [6.07, 6.45) is 3.89. The van der Waals surface area contributed by atoms with Crippen molar-refractivity contribution in [3.05, 3.63) is 11.3 Å². The Balaban J connectivity index is 4.56. The Morgan fingerprint density at radius 2 is 1.83 bits per heavy atom. The van der Waals surface area contributed by atoms with Gasteiger partial charge in [0.2, 0.25) is 0 Å². The number of rotatable bonds is 4. The van der Waals surface area contributed by atoms with Crippen LogP contribution in [0.15, 0.2) is 11.3 Å². The number of hydrogen-bond donors (Lipinski definition) is 1. The Morgan fingerprint density at radius 1 is 1.33 bits per heavy atom. The molecular formula is C10H22OSi. The molecule has 1 nitrogen and oxygen atoms in total. The fourth-order valence-electron chi connectivity index (χ4n) is 1.38. The van der Waals surface area contributed by atoms with Crippen molar-refractivity contribution < 1.29 is 5.11 Å². The summed E-state index contributed by atoms with van der Waals surface area (Å²) in [6, 6.07) is 0. The lowest BCUT2D eigenvalue weighted by atomic mass is 10.2. The molecule has 0 amide bonds. The highest BCUT2D eigenvalue weighted by Gasteiger charge is 2.23. The highest BCUT2D eigenvalue weighted by atomic mass is 28.3. The Morgan fingerprint density at radius 3 is 2.08 bits per heavy atom. The predicted molar refractivity (Wildman–Crippen MR) is 58.0 cm³/mol. The molecular weight excluding hydrogens is 164 g/mol. The first-order valence-corrected chi connectivity index (χ1v) is 8.32. The van der Waals surface area contributed by atoms with Crippen LogP contribution in [0.5, 0.6) is 0 Å². The van der Waals surface area contributed by atoms with Crippen LogP contribution in [0.4, 0.5) is 0 Å². The fraction of sp³-hybridized carbons (Fsp3) is 0.800. The van der Waals surface area contributed by atoms with Gasteiger partial charge in [0.1, 0.15) is 0 Å². The molecule has 0 aliphatic heterocycles. The number of aliphatic hydroxyl groups excluding tert-OH is 1. The summed E-state index contributed by atoms with van der Waals surface area (Å²) in [7, 11) is -1.28. The van der Waals surface area contributed by atoms with Crippen molar-refractivity contribution in [2.45, 2.75) is 52.4 Å². The Labute approximate surface area is 77.5 Å². The largest absolute Gasteiger partial charge is 0.389 e. The zero-order valence-corrected chi connectivity index (χ0v) is 10.0. The molecule has 0 fully saturated rings. The molecule has 0 heterocycles. The van der Waals surface area contributed by atoms with Crippen LogP contribution in [0.1, 0.15) is 26.7 Å². The van der Waals surface area contributed by atoms with Gasteiger partial charge in [-0.3, -0.25) is 0 Å². The van der Waals surface area contributed by atoms with Crippen LogP contribution >= 0.6 is 0 Å². The van der Waals surface area contributed by atoms with Crippen molar-refractivity contribution in [2.75, 3.05) is 0 Å². The maximum Gasteiger partial charge on any atom is 0.0753 e. The van der Waals surface area contributed by atoms with E-state index in [-0.39, 0.29) is 6.10 Å². The maximum absolute atomic E-state index is 9.75. The average Bonchev–Trinajstić information content (AvgIpc) is 1.96. The van der Waals surface area contributed by atoms with Crippen molar-refractivity contribution in [1.29, 1.82) is 0 Å². The van der Waals surface area contributed by atoms with Crippen LogP contribution in [0.2, 0.25) is 19.6 Å². The van der Waals surface area contributed by atoms with Gasteiger partial charge < -0.3 is 5.11 Å². The van der Waals surface area contributed by atoms with Gasteiger partial charge in [-0.15, -0.1) is 0 Å². The molecule has 0 unspecified atom stereocenters. The highest BCUT2D eigenvalue weighted by Crippen LogP contribution is 2.20. The summed E-state index contributed by atoms with van der Waals surface area (Å²) in [4.78, 5) is 0. The molecule has 0 aliphatic rings. The van der Waals surface area contributed by atoms with E-state index >= 15 is 0 Å². The molecule has 0 saturated carbocycles. The van der Waals surface area contributed by atoms with E-state index in [0.717, 1.165) is 12.8 Å². The van der Waals surface area contributed by atoms with Gasteiger partial charge in [-0.1, -0.05) is 44.8 Å². The lowest BCUT2D eigenvalue weighted by molar-refractivity contribution is 0.212. The van der Waals surface area contributed by atoms with E-state index in [1.807, 2.05) is 6.92 Å². The molecule has 0 radical (unpaired) electrons. The molecule has 12 heavy (non-hydrogen) atoms. The molecule has 0 aromatic carbocycles. The minimum atomic E-state index is -1.28. The first kappa shape index (κ1) is 11.9. The first-order chi connectivity index (χ1) is 5.43. The van der Waals surface area contributed by atoms with E-state index in [1.165, 1.54) is 5.20 Å². The molecule has 2 heteroatoms. The van der Waals surface area contributed by atoms with Gasteiger partial charge in [-0.2, -0.15) is 0 Å². The van der Waals surface area contributed by atoms with Crippen LogP contribution < -0.4 is 0 Å². The third-order valence-corrected chi connectivity index (χ3v) is 4.31. The summed E-state index contributed by atoms with van der Waals surface area (Å²) in [5.74, 6) is 0. The van der Waals surface area contributed by atoms with E-state index in [4.69, 9.17) is 0 Å². The van der Waals surface area contributed by atoms with E-state index in [9.17, 15) is 5.11 Å². The fourth-order valence-corrected chi connectivity index (χ4v) is 3.40. The number of allylic oxidation sites excluding steroid dienone is 1. The minimum Gasteiger partial charge on any atom is -0.389 e. The van der Waals surface area contributed by atoms with Crippen LogP contribution in [-0.4, -0.2) is 19.3 Å². The number of aliphatic hydroxyl groups is 1. The van der Waals surface area contributed by atoms with E-state index in [1.54, 1.807) is 0 Å². The van der Waals surface area contributed by atoms with Gasteiger partial charge in [0.05, 0.1) is 14.2 Å². The third-order valence-electron chi connectivity index (χ3n) is 2.04. The van der Waals surface area contributed by atoms with Crippen molar-refractivity contribution in [3.8, 4) is 0 Å². The monoisotopic (exact) mass is 186 g/mol. The highest BCUT2D eigenvalue weighted by molar-refractivity contribution is 6.83. The molecule has 0 rings (SSSR count).